The van der Waals surface area contributed by atoms with Gasteiger partial charge in [-0.15, -0.1) is 10.2 Å². The van der Waals surface area contributed by atoms with Gasteiger partial charge in [0.1, 0.15) is 5.69 Å². The summed E-state index contributed by atoms with van der Waals surface area (Å²) in [5.41, 5.74) is 2.22. The SMILES string of the molecule is CCc1nnc2c(-c3ccc(Cl)cc3)c(-c3ccccc3)c(=O)n(Cc3ccc(C(F)(F)F)nc3C)n12. The number of pyridine rings is 1. The van der Waals surface area contributed by atoms with Gasteiger partial charge < -0.3 is 0 Å². The van der Waals surface area contributed by atoms with Crippen LogP contribution < -0.4 is 5.56 Å². The Labute approximate surface area is 215 Å². The lowest BCUT2D eigenvalue weighted by Crippen LogP contribution is -2.30. The van der Waals surface area contributed by atoms with Crippen molar-refractivity contribution in [1.82, 2.24) is 24.4 Å². The Hall–Kier alpha value is -3.98. The summed E-state index contributed by atoms with van der Waals surface area (Å²) in [6.45, 7) is 3.38. The van der Waals surface area contributed by atoms with Crippen molar-refractivity contribution in [2.75, 3.05) is 0 Å². The fourth-order valence-corrected chi connectivity index (χ4v) is 4.49. The molecule has 0 fully saturated rings. The molecule has 5 rings (SSSR count). The van der Waals surface area contributed by atoms with E-state index in [-0.39, 0.29) is 17.8 Å². The quantitative estimate of drug-likeness (QED) is 0.275. The number of rotatable bonds is 5. The first-order valence-corrected chi connectivity index (χ1v) is 11.9. The second kappa shape index (κ2) is 9.48. The zero-order valence-electron chi connectivity index (χ0n) is 19.9. The fourth-order valence-electron chi connectivity index (χ4n) is 4.36. The van der Waals surface area contributed by atoms with Gasteiger partial charge in [-0.1, -0.05) is 67.1 Å². The Morgan fingerprint density at radius 3 is 2.19 bits per heavy atom. The Kier molecular flexibility index (Phi) is 6.33. The molecule has 0 bridgehead atoms. The molecule has 0 aliphatic heterocycles. The van der Waals surface area contributed by atoms with Crippen molar-refractivity contribution < 1.29 is 13.2 Å². The lowest BCUT2D eigenvalue weighted by molar-refractivity contribution is -0.141. The van der Waals surface area contributed by atoms with Gasteiger partial charge >= 0.3 is 6.18 Å². The number of benzene rings is 2. The molecule has 6 nitrogen and oxygen atoms in total. The Morgan fingerprint density at radius 2 is 1.57 bits per heavy atom. The molecule has 2 aromatic carbocycles. The van der Waals surface area contributed by atoms with Gasteiger partial charge in [0.05, 0.1) is 12.1 Å². The van der Waals surface area contributed by atoms with Gasteiger partial charge in [-0.25, -0.2) is 14.2 Å². The number of alkyl halides is 3. The molecule has 0 saturated heterocycles. The van der Waals surface area contributed by atoms with Crippen LogP contribution in [0.1, 0.15) is 29.7 Å². The maximum Gasteiger partial charge on any atom is 0.433 e. The standard InChI is InChI=1S/C27H21ClF3N5O/c1-3-22-33-34-25-23(18-9-12-20(28)13-10-18)24(17-7-5-4-6-8-17)26(37)35(36(22)25)15-19-11-14-21(27(29,30)31)32-16(19)2/h4-14H,3,15H2,1-2H3. The lowest BCUT2D eigenvalue weighted by atomic mass is 9.96. The highest BCUT2D eigenvalue weighted by Crippen LogP contribution is 2.34. The van der Waals surface area contributed by atoms with Crippen molar-refractivity contribution in [1.29, 1.82) is 0 Å². The number of aryl methyl sites for hydroxylation is 2. The molecule has 0 unspecified atom stereocenters. The molecule has 3 aromatic heterocycles. The third-order valence-electron chi connectivity index (χ3n) is 6.19. The van der Waals surface area contributed by atoms with Crippen molar-refractivity contribution in [2.45, 2.75) is 33.0 Å². The molecule has 0 saturated carbocycles. The van der Waals surface area contributed by atoms with Gasteiger partial charge in [-0.3, -0.25) is 4.79 Å². The lowest BCUT2D eigenvalue weighted by Gasteiger charge is -2.18. The van der Waals surface area contributed by atoms with Crippen molar-refractivity contribution in [3.8, 4) is 22.3 Å². The average molecular weight is 524 g/mol. The van der Waals surface area contributed by atoms with Gasteiger partial charge in [0, 0.05) is 22.7 Å². The average Bonchev–Trinajstić information content (AvgIpc) is 3.30. The van der Waals surface area contributed by atoms with E-state index in [1.807, 2.05) is 49.4 Å². The molecule has 0 aliphatic rings. The van der Waals surface area contributed by atoms with E-state index in [2.05, 4.69) is 15.2 Å². The first-order valence-electron chi connectivity index (χ1n) is 11.5. The van der Waals surface area contributed by atoms with E-state index in [1.54, 1.807) is 16.6 Å². The molecule has 0 spiro atoms. The second-order valence-electron chi connectivity index (χ2n) is 8.53. The molecule has 188 valence electrons. The zero-order valence-corrected chi connectivity index (χ0v) is 20.7. The number of nitrogens with zero attached hydrogens (tertiary/aromatic N) is 5. The van der Waals surface area contributed by atoms with Crippen LogP contribution in [0.2, 0.25) is 5.02 Å². The summed E-state index contributed by atoms with van der Waals surface area (Å²) >= 11 is 6.13. The largest absolute Gasteiger partial charge is 0.433 e. The summed E-state index contributed by atoms with van der Waals surface area (Å²) < 4.78 is 42.7. The maximum atomic E-state index is 14.2. The van der Waals surface area contributed by atoms with Crippen LogP contribution in [0.5, 0.6) is 0 Å². The number of aromatic nitrogens is 5. The topological polar surface area (TPSA) is 65.1 Å². The Bertz CT molecular complexity index is 1660. The van der Waals surface area contributed by atoms with E-state index in [1.165, 1.54) is 17.7 Å². The van der Waals surface area contributed by atoms with Gasteiger partial charge in [-0.05, 0) is 41.8 Å². The number of halogens is 4. The molecular weight excluding hydrogens is 503 g/mol. The van der Waals surface area contributed by atoms with Gasteiger partial charge in [-0.2, -0.15) is 13.2 Å². The van der Waals surface area contributed by atoms with E-state index in [0.29, 0.717) is 45.2 Å². The Morgan fingerprint density at radius 1 is 0.892 bits per heavy atom. The summed E-state index contributed by atoms with van der Waals surface area (Å²) in [6.07, 6.45) is -4.08. The number of hydrogen-bond acceptors (Lipinski definition) is 4. The van der Waals surface area contributed by atoms with Crippen molar-refractivity contribution in [3.63, 3.8) is 0 Å². The molecular formula is C27H21ClF3N5O. The van der Waals surface area contributed by atoms with Crippen LogP contribution in [-0.2, 0) is 19.1 Å². The highest BCUT2D eigenvalue weighted by Gasteiger charge is 2.33. The minimum Gasteiger partial charge on any atom is -0.267 e. The van der Waals surface area contributed by atoms with Crippen LogP contribution in [0.4, 0.5) is 13.2 Å². The molecule has 0 N–H and O–H groups in total. The minimum absolute atomic E-state index is 0.0158. The van der Waals surface area contributed by atoms with E-state index >= 15 is 0 Å². The van der Waals surface area contributed by atoms with E-state index in [0.717, 1.165) is 11.6 Å². The molecule has 10 heteroatoms. The van der Waals surface area contributed by atoms with E-state index < -0.39 is 11.9 Å². The van der Waals surface area contributed by atoms with Crippen LogP contribution >= 0.6 is 11.6 Å². The molecule has 0 amide bonds. The highest BCUT2D eigenvalue weighted by atomic mass is 35.5. The fraction of sp³-hybridized carbons (Fsp3) is 0.185. The van der Waals surface area contributed by atoms with Crippen LogP contribution in [0, 0.1) is 6.92 Å². The third kappa shape index (κ3) is 4.51. The molecule has 37 heavy (non-hydrogen) atoms. The summed E-state index contributed by atoms with van der Waals surface area (Å²) in [5, 5.41) is 9.32. The smallest absolute Gasteiger partial charge is 0.267 e. The van der Waals surface area contributed by atoms with Crippen LogP contribution in [0.15, 0.2) is 71.5 Å². The first kappa shape index (κ1) is 24.7. The normalized spacial score (nSPS) is 11.8. The summed E-state index contributed by atoms with van der Waals surface area (Å²) in [4.78, 5) is 18.0. The summed E-state index contributed by atoms with van der Waals surface area (Å²) in [7, 11) is 0. The van der Waals surface area contributed by atoms with E-state index in [4.69, 9.17) is 11.6 Å². The van der Waals surface area contributed by atoms with Crippen LogP contribution in [0.25, 0.3) is 27.9 Å². The predicted octanol–water partition coefficient (Wildman–Crippen LogP) is 6.21. The van der Waals surface area contributed by atoms with Crippen molar-refractivity contribution >= 4 is 17.2 Å². The predicted molar refractivity (Wildman–Crippen MR) is 136 cm³/mol. The monoisotopic (exact) mass is 523 g/mol. The maximum absolute atomic E-state index is 14.2. The zero-order chi connectivity index (χ0) is 26.3. The molecule has 0 radical (unpaired) electrons. The summed E-state index contributed by atoms with van der Waals surface area (Å²) in [5.74, 6) is 0.541. The third-order valence-corrected chi connectivity index (χ3v) is 6.44. The molecule has 5 aromatic rings. The first-order chi connectivity index (χ1) is 17.7. The second-order valence-corrected chi connectivity index (χ2v) is 8.97. The summed E-state index contributed by atoms with van der Waals surface area (Å²) in [6, 6.07) is 18.6. The number of fused-ring (bicyclic) bond motifs is 1. The number of hydrogen-bond donors (Lipinski definition) is 0. The highest BCUT2D eigenvalue weighted by molar-refractivity contribution is 6.30. The van der Waals surface area contributed by atoms with E-state index in [9.17, 15) is 18.0 Å². The van der Waals surface area contributed by atoms with Crippen molar-refractivity contribution in [2.24, 2.45) is 0 Å². The van der Waals surface area contributed by atoms with Crippen LogP contribution in [0.3, 0.4) is 0 Å². The Balaban J connectivity index is 1.82. The van der Waals surface area contributed by atoms with Gasteiger partial charge in [0.25, 0.3) is 5.56 Å². The van der Waals surface area contributed by atoms with Gasteiger partial charge in [0.2, 0.25) is 0 Å². The van der Waals surface area contributed by atoms with Gasteiger partial charge in [0.15, 0.2) is 11.5 Å². The minimum atomic E-state index is -4.56. The molecule has 0 atom stereocenters. The van der Waals surface area contributed by atoms with Crippen molar-refractivity contribution in [3.05, 3.63) is 105 Å². The molecule has 3 heterocycles. The molecule has 0 aliphatic carbocycles. The van der Waals surface area contributed by atoms with Crippen LogP contribution in [-0.4, -0.2) is 24.4 Å².